The van der Waals surface area contributed by atoms with Crippen molar-refractivity contribution < 1.29 is 9.15 Å². The lowest BCUT2D eigenvalue weighted by atomic mass is 10.1. The smallest absolute Gasteiger partial charge is 0.226 e. The van der Waals surface area contributed by atoms with Crippen LogP contribution in [0.25, 0.3) is 22.7 Å². The Labute approximate surface area is 123 Å². The Morgan fingerprint density at radius 1 is 1.05 bits per heavy atom. The minimum atomic E-state index is 0.582. The van der Waals surface area contributed by atoms with E-state index in [9.17, 15) is 0 Å². The Morgan fingerprint density at radius 3 is 2.52 bits per heavy atom. The summed E-state index contributed by atoms with van der Waals surface area (Å²) < 4.78 is 11.2. The van der Waals surface area contributed by atoms with Gasteiger partial charge in [0.15, 0.2) is 5.75 Å². The molecule has 0 fully saturated rings. The zero-order valence-corrected chi connectivity index (χ0v) is 12.0. The number of anilines is 1. The molecule has 3 aromatic rings. The van der Waals surface area contributed by atoms with Gasteiger partial charge in [-0.15, -0.1) is 0 Å². The maximum atomic E-state index is 5.95. The standard InChI is InChI=1S/C17H16N2O2/c1-11-15(13-9-6-10-14(18)16(13)20-2)19-17(21-11)12-7-4-3-5-8-12/h3-10H,18H2,1-2H3. The number of aromatic nitrogens is 1. The van der Waals surface area contributed by atoms with Crippen molar-refractivity contribution in [1.29, 1.82) is 0 Å². The van der Waals surface area contributed by atoms with Gasteiger partial charge in [-0.05, 0) is 31.2 Å². The van der Waals surface area contributed by atoms with Gasteiger partial charge in [0.05, 0.1) is 12.8 Å². The maximum Gasteiger partial charge on any atom is 0.226 e. The van der Waals surface area contributed by atoms with E-state index in [1.54, 1.807) is 13.2 Å². The van der Waals surface area contributed by atoms with Crippen LogP contribution in [0.5, 0.6) is 5.75 Å². The molecule has 21 heavy (non-hydrogen) atoms. The van der Waals surface area contributed by atoms with E-state index in [-0.39, 0.29) is 0 Å². The number of benzene rings is 2. The number of rotatable bonds is 3. The Hall–Kier alpha value is -2.75. The van der Waals surface area contributed by atoms with Gasteiger partial charge in [0, 0.05) is 11.1 Å². The zero-order chi connectivity index (χ0) is 14.8. The first-order valence-corrected chi connectivity index (χ1v) is 6.66. The number of nitrogens with two attached hydrogens (primary N) is 1. The fourth-order valence-corrected chi connectivity index (χ4v) is 2.32. The van der Waals surface area contributed by atoms with Crippen molar-refractivity contribution in [2.24, 2.45) is 0 Å². The quantitative estimate of drug-likeness (QED) is 0.739. The van der Waals surface area contributed by atoms with Gasteiger partial charge < -0.3 is 14.9 Å². The van der Waals surface area contributed by atoms with Crippen molar-refractivity contribution in [3.63, 3.8) is 0 Å². The highest BCUT2D eigenvalue weighted by Crippen LogP contribution is 2.37. The average Bonchev–Trinajstić information content (AvgIpc) is 2.90. The molecule has 2 N–H and O–H groups in total. The van der Waals surface area contributed by atoms with Crippen LogP contribution in [0.1, 0.15) is 5.76 Å². The van der Waals surface area contributed by atoms with Gasteiger partial charge in [-0.1, -0.05) is 24.3 Å². The Bertz CT molecular complexity index is 764. The number of hydrogen-bond acceptors (Lipinski definition) is 4. The molecule has 1 aromatic heterocycles. The lowest BCUT2D eigenvalue weighted by molar-refractivity contribution is 0.418. The highest BCUT2D eigenvalue weighted by Gasteiger charge is 2.17. The molecule has 4 nitrogen and oxygen atoms in total. The molecule has 0 unspecified atom stereocenters. The van der Waals surface area contributed by atoms with Crippen LogP contribution in [-0.2, 0) is 0 Å². The van der Waals surface area contributed by atoms with Gasteiger partial charge in [0.2, 0.25) is 5.89 Å². The van der Waals surface area contributed by atoms with Crippen molar-refractivity contribution >= 4 is 5.69 Å². The van der Waals surface area contributed by atoms with Crippen LogP contribution < -0.4 is 10.5 Å². The number of ether oxygens (including phenoxy) is 1. The van der Waals surface area contributed by atoms with Crippen LogP contribution in [0.3, 0.4) is 0 Å². The van der Waals surface area contributed by atoms with Crippen LogP contribution in [0.2, 0.25) is 0 Å². The Morgan fingerprint density at radius 2 is 1.81 bits per heavy atom. The molecule has 3 rings (SSSR count). The second kappa shape index (κ2) is 5.32. The summed E-state index contributed by atoms with van der Waals surface area (Å²) in [5.41, 5.74) is 9.06. The molecule has 1 heterocycles. The third-order valence-electron chi connectivity index (χ3n) is 3.32. The second-order valence-electron chi connectivity index (χ2n) is 4.72. The second-order valence-corrected chi connectivity index (χ2v) is 4.72. The largest absolute Gasteiger partial charge is 0.494 e. The molecule has 0 saturated carbocycles. The lowest BCUT2D eigenvalue weighted by Gasteiger charge is -2.08. The van der Waals surface area contributed by atoms with Gasteiger partial charge in [-0.2, -0.15) is 0 Å². The van der Waals surface area contributed by atoms with Crippen LogP contribution in [0.4, 0.5) is 5.69 Å². The summed E-state index contributed by atoms with van der Waals surface area (Å²) in [4.78, 5) is 4.60. The number of nitrogens with zero attached hydrogens (tertiary/aromatic N) is 1. The number of nitrogen functional groups attached to an aromatic ring is 1. The highest BCUT2D eigenvalue weighted by molar-refractivity contribution is 5.77. The SMILES string of the molecule is COc1c(N)cccc1-c1nc(-c2ccccc2)oc1C. The summed E-state index contributed by atoms with van der Waals surface area (Å²) in [7, 11) is 1.60. The number of oxazole rings is 1. The predicted molar refractivity (Wildman–Crippen MR) is 83.1 cm³/mol. The topological polar surface area (TPSA) is 61.3 Å². The van der Waals surface area contributed by atoms with E-state index >= 15 is 0 Å². The molecule has 0 amide bonds. The monoisotopic (exact) mass is 280 g/mol. The molecule has 106 valence electrons. The number of methoxy groups -OCH3 is 1. The van der Waals surface area contributed by atoms with Crippen molar-refractivity contribution in [1.82, 2.24) is 4.98 Å². The van der Waals surface area contributed by atoms with E-state index in [1.165, 1.54) is 0 Å². The average molecular weight is 280 g/mol. The molecule has 0 aliphatic heterocycles. The van der Waals surface area contributed by atoms with E-state index in [2.05, 4.69) is 4.98 Å². The van der Waals surface area contributed by atoms with E-state index < -0.39 is 0 Å². The van der Waals surface area contributed by atoms with Gasteiger partial charge in [0.25, 0.3) is 0 Å². The maximum absolute atomic E-state index is 5.95. The minimum Gasteiger partial charge on any atom is -0.494 e. The first kappa shape index (κ1) is 13.2. The van der Waals surface area contributed by atoms with E-state index in [0.717, 1.165) is 22.6 Å². The summed E-state index contributed by atoms with van der Waals surface area (Å²) in [6.45, 7) is 1.89. The fourth-order valence-electron chi connectivity index (χ4n) is 2.32. The molecule has 0 atom stereocenters. The Kier molecular flexibility index (Phi) is 3.36. The number of hydrogen-bond donors (Lipinski definition) is 1. The van der Waals surface area contributed by atoms with Crippen molar-refractivity contribution in [3.05, 3.63) is 54.3 Å². The van der Waals surface area contributed by atoms with Gasteiger partial charge in [0.1, 0.15) is 11.5 Å². The molecule has 0 spiro atoms. The molecular weight excluding hydrogens is 264 g/mol. The molecule has 0 bridgehead atoms. The lowest BCUT2D eigenvalue weighted by Crippen LogP contribution is -1.95. The van der Waals surface area contributed by atoms with Gasteiger partial charge in [-0.25, -0.2) is 4.98 Å². The number of para-hydroxylation sites is 1. The normalized spacial score (nSPS) is 10.6. The van der Waals surface area contributed by atoms with Crippen molar-refractivity contribution in [2.75, 3.05) is 12.8 Å². The number of aryl methyl sites for hydroxylation is 1. The van der Waals surface area contributed by atoms with Gasteiger partial charge >= 0.3 is 0 Å². The van der Waals surface area contributed by atoms with Crippen molar-refractivity contribution in [3.8, 4) is 28.5 Å². The summed E-state index contributed by atoms with van der Waals surface area (Å²) in [5, 5.41) is 0. The first-order valence-electron chi connectivity index (χ1n) is 6.66. The minimum absolute atomic E-state index is 0.582. The van der Waals surface area contributed by atoms with E-state index in [1.807, 2.05) is 49.4 Å². The summed E-state index contributed by atoms with van der Waals surface area (Å²) >= 11 is 0. The van der Waals surface area contributed by atoms with Crippen LogP contribution in [0.15, 0.2) is 52.9 Å². The van der Waals surface area contributed by atoms with Crippen LogP contribution in [0, 0.1) is 6.92 Å². The summed E-state index contributed by atoms with van der Waals surface area (Å²) in [6.07, 6.45) is 0. The van der Waals surface area contributed by atoms with Gasteiger partial charge in [-0.3, -0.25) is 0 Å². The van der Waals surface area contributed by atoms with Crippen molar-refractivity contribution in [2.45, 2.75) is 6.92 Å². The molecule has 0 aliphatic carbocycles. The third kappa shape index (κ3) is 2.36. The van der Waals surface area contributed by atoms with E-state index in [4.69, 9.17) is 14.9 Å². The fraction of sp³-hybridized carbons (Fsp3) is 0.118. The molecule has 4 heteroatoms. The summed E-state index contributed by atoms with van der Waals surface area (Å²) in [6, 6.07) is 15.4. The summed E-state index contributed by atoms with van der Waals surface area (Å²) in [5.74, 6) is 1.94. The molecule has 0 saturated heterocycles. The first-order chi connectivity index (χ1) is 10.2. The predicted octanol–water partition coefficient (Wildman–Crippen LogP) is 3.91. The van der Waals surface area contributed by atoms with Crippen LogP contribution in [-0.4, -0.2) is 12.1 Å². The molecule has 0 radical (unpaired) electrons. The molecular formula is C17H16N2O2. The zero-order valence-electron chi connectivity index (χ0n) is 12.0. The third-order valence-corrected chi connectivity index (χ3v) is 3.32. The van der Waals surface area contributed by atoms with Crippen LogP contribution >= 0.6 is 0 Å². The molecule has 0 aliphatic rings. The highest BCUT2D eigenvalue weighted by atomic mass is 16.5. The Balaban J connectivity index is 2.13. The molecule has 2 aromatic carbocycles. The van der Waals surface area contributed by atoms with E-state index in [0.29, 0.717) is 17.3 Å².